The van der Waals surface area contributed by atoms with Gasteiger partial charge in [-0.1, -0.05) is 29.3 Å². The Morgan fingerprint density at radius 2 is 1.84 bits per heavy atom. The van der Waals surface area contributed by atoms with Crippen LogP contribution < -0.4 is 15.5 Å². The van der Waals surface area contributed by atoms with Crippen LogP contribution in [0.1, 0.15) is 30.0 Å². The molecule has 0 aliphatic carbocycles. The van der Waals surface area contributed by atoms with Gasteiger partial charge < -0.3 is 14.6 Å². The summed E-state index contributed by atoms with van der Waals surface area (Å²) in [6.45, 7) is 8.10. The average molecular weight is 476 g/mol. The highest BCUT2D eigenvalue weighted by atomic mass is 35.5. The Kier molecular flexibility index (Phi) is 7.59. The Labute approximate surface area is 197 Å². The molecule has 0 atom stereocenters. The van der Waals surface area contributed by atoms with Crippen molar-refractivity contribution in [1.29, 1.82) is 0 Å². The SMILES string of the molecule is CCN(CC)c1ccc(NC(=S)NC(=O)c2ccc(-c3cccc(Cl)c3Cl)o2)c(C)c1. The predicted molar refractivity (Wildman–Crippen MR) is 133 cm³/mol. The van der Waals surface area contributed by atoms with Gasteiger partial charge in [0.05, 0.1) is 10.0 Å². The van der Waals surface area contributed by atoms with E-state index < -0.39 is 5.91 Å². The zero-order valence-corrected chi connectivity index (χ0v) is 19.8. The number of nitrogens with one attached hydrogen (secondary N) is 2. The number of benzene rings is 2. The molecular weight excluding hydrogens is 453 g/mol. The molecule has 1 amide bonds. The van der Waals surface area contributed by atoms with Crippen molar-refractivity contribution in [1.82, 2.24) is 5.32 Å². The second-order valence-corrected chi connectivity index (χ2v) is 8.04. The highest BCUT2D eigenvalue weighted by molar-refractivity contribution is 7.80. The van der Waals surface area contributed by atoms with Crippen molar-refractivity contribution in [3.05, 3.63) is 69.9 Å². The summed E-state index contributed by atoms with van der Waals surface area (Å²) >= 11 is 17.6. The van der Waals surface area contributed by atoms with Crippen LogP contribution in [0.4, 0.5) is 11.4 Å². The van der Waals surface area contributed by atoms with Crippen molar-refractivity contribution >= 4 is 57.8 Å². The van der Waals surface area contributed by atoms with Gasteiger partial charge in [-0.15, -0.1) is 0 Å². The molecular formula is C23H23Cl2N3O2S. The molecule has 2 aromatic carbocycles. The van der Waals surface area contributed by atoms with E-state index in [0.29, 0.717) is 21.4 Å². The van der Waals surface area contributed by atoms with Crippen molar-refractivity contribution in [2.75, 3.05) is 23.3 Å². The van der Waals surface area contributed by atoms with E-state index in [2.05, 4.69) is 35.4 Å². The van der Waals surface area contributed by atoms with Gasteiger partial charge in [-0.05, 0) is 81.0 Å². The third-order valence-electron chi connectivity index (χ3n) is 4.86. The zero-order chi connectivity index (χ0) is 22.5. The molecule has 0 spiro atoms. The van der Waals surface area contributed by atoms with Crippen LogP contribution in [0.15, 0.2) is 52.9 Å². The summed E-state index contributed by atoms with van der Waals surface area (Å²) in [7, 11) is 0. The average Bonchev–Trinajstić information content (AvgIpc) is 3.23. The summed E-state index contributed by atoms with van der Waals surface area (Å²) in [6.07, 6.45) is 0. The maximum absolute atomic E-state index is 12.5. The van der Waals surface area contributed by atoms with Crippen molar-refractivity contribution in [2.45, 2.75) is 20.8 Å². The van der Waals surface area contributed by atoms with Crippen molar-refractivity contribution < 1.29 is 9.21 Å². The Bertz CT molecular complexity index is 1110. The summed E-state index contributed by atoms with van der Waals surface area (Å²) in [4.78, 5) is 14.8. The molecule has 3 aromatic rings. The lowest BCUT2D eigenvalue weighted by atomic mass is 10.1. The van der Waals surface area contributed by atoms with Crippen molar-refractivity contribution in [3.63, 3.8) is 0 Å². The van der Waals surface area contributed by atoms with E-state index in [9.17, 15) is 4.79 Å². The highest BCUT2D eigenvalue weighted by Crippen LogP contribution is 2.34. The van der Waals surface area contributed by atoms with Crippen LogP contribution in [0.5, 0.6) is 0 Å². The Morgan fingerprint density at radius 1 is 1.10 bits per heavy atom. The molecule has 0 saturated heterocycles. The molecule has 0 aliphatic heterocycles. The fourth-order valence-electron chi connectivity index (χ4n) is 3.19. The van der Waals surface area contributed by atoms with E-state index in [-0.39, 0.29) is 10.9 Å². The molecule has 2 N–H and O–H groups in total. The van der Waals surface area contributed by atoms with Gasteiger partial charge >= 0.3 is 0 Å². The second kappa shape index (κ2) is 10.2. The van der Waals surface area contributed by atoms with Crippen molar-refractivity contribution in [3.8, 4) is 11.3 Å². The Hall–Kier alpha value is -2.54. The fraction of sp³-hybridized carbons (Fsp3) is 0.217. The minimum Gasteiger partial charge on any atom is -0.451 e. The predicted octanol–water partition coefficient (Wildman–Crippen LogP) is 6.53. The molecule has 1 heterocycles. The first-order valence-corrected chi connectivity index (χ1v) is 11.0. The summed E-state index contributed by atoms with van der Waals surface area (Å²) in [6, 6.07) is 14.5. The van der Waals surface area contributed by atoms with Crippen LogP contribution in [-0.4, -0.2) is 24.1 Å². The quantitative estimate of drug-likeness (QED) is 0.396. The van der Waals surface area contributed by atoms with Gasteiger partial charge in [-0.3, -0.25) is 10.1 Å². The molecule has 31 heavy (non-hydrogen) atoms. The Morgan fingerprint density at radius 3 is 2.52 bits per heavy atom. The zero-order valence-electron chi connectivity index (χ0n) is 17.5. The lowest BCUT2D eigenvalue weighted by Crippen LogP contribution is -2.34. The van der Waals surface area contributed by atoms with Crippen molar-refractivity contribution in [2.24, 2.45) is 0 Å². The van der Waals surface area contributed by atoms with Crippen LogP contribution in [0.2, 0.25) is 10.0 Å². The van der Waals surface area contributed by atoms with Crippen LogP contribution in [-0.2, 0) is 0 Å². The topological polar surface area (TPSA) is 57.5 Å². The number of furan rings is 1. The minimum absolute atomic E-state index is 0.115. The molecule has 0 bridgehead atoms. The number of carbonyl (C=O) groups is 1. The van der Waals surface area contributed by atoms with Gasteiger partial charge in [0.2, 0.25) is 0 Å². The van der Waals surface area contributed by atoms with Gasteiger partial charge in [-0.25, -0.2) is 0 Å². The molecule has 8 heteroatoms. The summed E-state index contributed by atoms with van der Waals surface area (Å²) in [5, 5.41) is 6.67. The normalized spacial score (nSPS) is 10.6. The number of anilines is 2. The molecule has 0 unspecified atom stereocenters. The standard InChI is InChI=1S/C23H23Cl2N3O2S/c1-4-28(5-2)15-9-10-18(14(3)13-15)26-23(31)27-22(29)20-12-11-19(30-20)16-7-6-8-17(24)21(16)25/h6-13H,4-5H2,1-3H3,(H2,26,27,29,31). The first-order valence-electron chi connectivity index (χ1n) is 9.86. The summed E-state index contributed by atoms with van der Waals surface area (Å²) in [5.41, 5.74) is 3.60. The Balaban J connectivity index is 1.67. The molecule has 0 aliphatic rings. The molecule has 5 nitrogen and oxygen atoms in total. The lowest BCUT2D eigenvalue weighted by Gasteiger charge is -2.22. The number of rotatable bonds is 6. The molecule has 162 valence electrons. The number of halogens is 2. The molecule has 3 rings (SSSR count). The first kappa shape index (κ1) is 23.1. The number of hydrogen-bond acceptors (Lipinski definition) is 4. The van der Waals surface area contributed by atoms with Gasteiger partial charge in [0.15, 0.2) is 10.9 Å². The number of nitrogens with zero attached hydrogens (tertiary/aromatic N) is 1. The largest absolute Gasteiger partial charge is 0.451 e. The monoisotopic (exact) mass is 475 g/mol. The maximum Gasteiger partial charge on any atom is 0.293 e. The van der Waals surface area contributed by atoms with Gasteiger partial charge in [0, 0.05) is 30.0 Å². The van der Waals surface area contributed by atoms with Crippen LogP contribution in [0.3, 0.4) is 0 Å². The molecule has 0 radical (unpaired) electrons. The lowest BCUT2D eigenvalue weighted by molar-refractivity contribution is 0.0951. The number of thiocarbonyl (C=S) groups is 1. The first-order chi connectivity index (χ1) is 14.8. The van der Waals surface area contributed by atoms with Crippen LogP contribution in [0.25, 0.3) is 11.3 Å². The minimum atomic E-state index is -0.459. The van der Waals surface area contributed by atoms with Crippen LogP contribution in [0, 0.1) is 6.92 Å². The van der Waals surface area contributed by atoms with Gasteiger partial charge in [-0.2, -0.15) is 0 Å². The van der Waals surface area contributed by atoms with E-state index in [1.807, 2.05) is 19.1 Å². The second-order valence-electron chi connectivity index (χ2n) is 6.85. The number of aryl methyl sites for hydroxylation is 1. The van der Waals surface area contributed by atoms with Gasteiger partial charge in [0.1, 0.15) is 5.76 Å². The van der Waals surface area contributed by atoms with E-state index >= 15 is 0 Å². The third kappa shape index (κ3) is 5.39. The van der Waals surface area contributed by atoms with Gasteiger partial charge in [0.25, 0.3) is 5.91 Å². The summed E-state index contributed by atoms with van der Waals surface area (Å²) < 4.78 is 5.66. The number of hydrogen-bond donors (Lipinski definition) is 2. The third-order valence-corrected chi connectivity index (χ3v) is 5.88. The van der Waals surface area contributed by atoms with E-state index in [0.717, 1.165) is 30.0 Å². The van der Waals surface area contributed by atoms with E-state index in [4.69, 9.17) is 39.8 Å². The molecule has 1 aromatic heterocycles. The number of carbonyl (C=O) groups excluding carboxylic acids is 1. The fourth-order valence-corrected chi connectivity index (χ4v) is 3.79. The highest BCUT2D eigenvalue weighted by Gasteiger charge is 2.16. The molecule has 0 saturated carbocycles. The van der Waals surface area contributed by atoms with E-state index in [1.54, 1.807) is 30.3 Å². The molecule has 0 fully saturated rings. The smallest absolute Gasteiger partial charge is 0.293 e. The summed E-state index contributed by atoms with van der Waals surface area (Å²) in [5.74, 6) is 0.0995. The maximum atomic E-state index is 12.5. The number of amides is 1. The van der Waals surface area contributed by atoms with Crippen LogP contribution >= 0.6 is 35.4 Å². The van der Waals surface area contributed by atoms with E-state index in [1.165, 1.54) is 0 Å².